The van der Waals surface area contributed by atoms with Crippen molar-refractivity contribution in [2.75, 3.05) is 0 Å². The molecule has 1 aromatic rings. The molecule has 0 bridgehead atoms. The molecule has 1 rings (SSSR count). The van der Waals surface area contributed by atoms with Crippen molar-refractivity contribution in [3.8, 4) is 5.75 Å². The number of hydrogen-bond donors (Lipinski definition) is 1. The zero-order valence-electron chi connectivity index (χ0n) is 18.6. The Bertz CT molecular complexity index is 477. The second-order valence-electron chi connectivity index (χ2n) is 8.40. The van der Waals surface area contributed by atoms with Crippen molar-refractivity contribution in [2.45, 2.75) is 130 Å². The number of phenolic OH excluding ortho intramolecular Hbond substituents is 1. The number of benzene rings is 1. The summed E-state index contributed by atoms with van der Waals surface area (Å²) in [6.45, 7) is 6.78. The number of aromatic hydroxyl groups is 1. The van der Waals surface area contributed by atoms with E-state index in [9.17, 15) is 5.11 Å². The van der Waals surface area contributed by atoms with E-state index in [4.69, 9.17) is 0 Å². The number of aryl methyl sites for hydroxylation is 3. The average Bonchev–Trinajstić information content (AvgIpc) is 2.68. The minimum Gasteiger partial charge on any atom is -0.507 e. The van der Waals surface area contributed by atoms with Gasteiger partial charge >= 0.3 is 0 Å². The summed E-state index contributed by atoms with van der Waals surface area (Å²) in [4.78, 5) is 0. The van der Waals surface area contributed by atoms with Crippen molar-refractivity contribution in [3.63, 3.8) is 0 Å². The third-order valence-corrected chi connectivity index (χ3v) is 5.75. The lowest BCUT2D eigenvalue weighted by atomic mass is 9.94. The highest BCUT2D eigenvalue weighted by Crippen LogP contribution is 2.29. The van der Waals surface area contributed by atoms with Gasteiger partial charge in [-0.2, -0.15) is 0 Å². The molecule has 0 saturated carbocycles. The molecular weight excluding hydrogens is 328 g/mol. The number of hydrogen-bond acceptors (Lipinski definition) is 1. The lowest BCUT2D eigenvalue weighted by Crippen LogP contribution is -1.97. The number of unbranched alkanes of at least 4 members (excludes halogenated alkanes) is 11. The summed E-state index contributed by atoms with van der Waals surface area (Å²) in [5.41, 5.74) is 3.86. The van der Waals surface area contributed by atoms with Crippen LogP contribution in [0.2, 0.25) is 0 Å². The molecular formula is C26H46O. The molecule has 156 valence electrons. The molecule has 0 atom stereocenters. The van der Waals surface area contributed by atoms with Crippen molar-refractivity contribution in [3.05, 3.63) is 28.8 Å². The van der Waals surface area contributed by atoms with E-state index in [-0.39, 0.29) is 0 Å². The van der Waals surface area contributed by atoms with Crippen LogP contribution in [0.4, 0.5) is 0 Å². The Hall–Kier alpha value is -0.980. The van der Waals surface area contributed by atoms with Crippen LogP contribution in [0.5, 0.6) is 5.75 Å². The second-order valence-corrected chi connectivity index (χ2v) is 8.40. The van der Waals surface area contributed by atoms with E-state index in [2.05, 4.69) is 32.9 Å². The monoisotopic (exact) mass is 374 g/mol. The Kier molecular flexibility index (Phi) is 14.3. The normalized spacial score (nSPS) is 11.2. The Balaban J connectivity index is 2.58. The van der Waals surface area contributed by atoms with Gasteiger partial charge in [0.2, 0.25) is 0 Å². The summed E-state index contributed by atoms with van der Waals surface area (Å²) < 4.78 is 0. The third kappa shape index (κ3) is 10.8. The van der Waals surface area contributed by atoms with Gasteiger partial charge in [-0.25, -0.2) is 0 Å². The van der Waals surface area contributed by atoms with Gasteiger partial charge in [-0.1, -0.05) is 104 Å². The lowest BCUT2D eigenvalue weighted by molar-refractivity contribution is 0.457. The molecule has 0 aliphatic heterocycles. The Morgan fingerprint density at radius 3 is 1.44 bits per heavy atom. The topological polar surface area (TPSA) is 20.2 Å². The molecule has 0 fully saturated rings. The number of rotatable bonds is 17. The zero-order valence-corrected chi connectivity index (χ0v) is 18.6. The van der Waals surface area contributed by atoms with Crippen LogP contribution < -0.4 is 0 Å². The molecule has 0 heterocycles. The van der Waals surface area contributed by atoms with Gasteiger partial charge in [-0.15, -0.1) is 0 Å². The second kappa shape index (κ2) is 16.0. The predicted octanol–water partition coefficient (Wildman–Crippen LogP) is 8.54. The fourth-order valence-corrected chi connectivity index (χ4v) is 3.93. The van der Waals surface area contributed by atoms with Gasteiger partial charge in [0.05, 0.1) is 0 Å². The predicted molar refractivity (Wildman–Crippen MR) is 121 cm³/mol. The van der Waals surface area contributed by atoms with Crippen LogP contribution in [0.3, 0.4) is 0 Å². The van der Waals surface area contributed by atoms with Crippen LogP contribution in [-0.2, 0) is 19.3 Å². The van der Waals surface area contributed by atoms with Crippen LogP contribution in [0.25, 0.3) is 0 Å². The van der Waals surface area contributed by atoms with Gasteiger partial charge in [-0.05, 0) is 55.2 Å². The molecule has 0 aromatic heterocycles. The van der Waals surface area contributed by atoms with E-state index < -0.39 is 0 Å². The summed E-state index contributed by atoms with van der Waals surface area (Å²) in [6, 6.07) is 4.60. The first-order valence-electron chi connectivity index (χ1n) is 12.1. The highest BCUT2D eigenvalue weighted by Gasteiger charge is 2.10. The SMILES string of the molecule is CCCCCCCCc1cc(CCCC)c(O)c(CCCCCCCC)c1. The molecule has 0 unspecified atom stereocenters. The van der Waals surface area contributed by atoms with E-state index in [0.29, 0.717) is 5.75 Å². The van der Waals surface area contributed by atoms with Crippen molar-refractivity contribution in [1.29, 1.82) is 0 Å². The highest BCUT2D eigenvalue weighted by atomic mass is 16.3. The maximum absolute atomic E-state index is 10.7. The van der Waals surface area contributed by atoms with Gasteiger partial charge in [0.25, 0.3) is 0 Å². The lowest BCUT2D eigenvalue weighted by Gasteiger charge is -2.14. The van der Waals surface area contributed by atoms with Gasteiger partial charge in [0.15, 0.2) is 0 Å². The van der Waals surface area contributed by atoms with Crippen LogP contribution >= 0.6 is 0 Å². The number of phenols is 1. The summed E-state index contributed by atoms with van der Waals surface area (Å²) in [5, 5.41) is 10.7. The molecule has 1 heteroatoms. The van der Waals surface area contributed by atoms with E-state index in [1.54, 1.807) is 0 Å². The first-order chi connectivity index (χ1) is 13.2. The van der Waals surface area contributed by atoms with E-state index >= 15 is 0 Å². The largest absolute Gasteiger partial charge is 0.507 e. The Morgan fingerprint density at radius 2 is 0.926 bits per heavy atom. The molecule has 1 nitrogen and oxygen atoms in total. The highest BCUT2D eigenvalue weighted by molar-refractivity contribution is 5.44. The van der Waals surface area contributed by atoms with E-state index in [1.807, 2.05) is 0 Å². The summed E-state index contributed by atoms with van der Waals surface area (Å²) in [5.74, 6) is 0.601. The van der Waals surface area contributed by atoms with E-state index in [1.165, 1.54) is 113 Å². The zero-order chi connectivity index (χ0) is 19.7. The van der Waals surface area contributed by atoms with Crippen molar-refractivity contribution < 1.29 is 5.11 Å². The molecule has 27 heavy (non-hydrogen) atoms. The van der Waals surface area contributed by atoms with Crippen molar-refractivity contribution in [2.24, 2.45) is 0 Å². The van der Waals surface area contributed by atoms with Gasteiger partial charge in [0.1, 0.15) is 5.75 Å². The van der Waals surface area contributed by atoms with Gasteiger partial charge in [0, 0.05) is 0 Å². The molecule has 0 aliphatic rings. The standard InChI is InChI=1S/C26H46O/c1-4-7-10-12-14-16-18-23-21-24(19-9-6-3)26(27)25(22-23)20-17-15-13-11-8-5-2/h21-22,27H,4-20H2,1-3H3. The smallest absolute Gasteiger partial charge is 0.121 e. The maximum Gasteiger partial charge on any atom is 0.121 e. The van der Waals surface area contributed by atoms with Crippen molar-refractivity contribution >= 4 is 0 Å². The third-order valence-electron chi connectivity index (χ3n) is 5.75. The van der Waals surface area contributed by atoms with Crippen molar-refractivity contribution in [1.82, 2.24) is 0 Å². The Morgan fingerprint density at radius 1 is 0.519 bits per heavy atom. The molecule has 1 aromatic carbocycles. The first-order valence-corrected chi connectivity index (χ1v) is 12.1. The van der Waals surface area contributed by atoms with Crippen LogP contribution in [0, 0.1) is 0 Å². The van der Waals surface area contributed by atoms with Crippen LogP contribution in [-0.4, -0.2) is 5.11 Å². The fraction of sp³-hybridized carbons (Fsp3) is 0.769. The molecule has 0 saturated heterocycles. The minimum absolute atomic E-state index is 0.601. The Labute approximate surface area is 170 Å². The average molecular weight is 375 g/mol. The summed E-state index contributed by atoms with van der Waals surface area (Å²) >= 11 is 0. The molecule has 0 aliphatic carbocycles. The summed E-state index contributed by atoms with van der Waals surface area (Å²) in [7, 11) is 0. The van der Waals surface area contributed by atoms with E-state index in [0.717, 1.165) is 12.8 Å². The fourth-order valence-electron chi connectivity index (χ4n) is 3.93. The molecule has 0 amide bonds. The molecule has 1 N–H and O–H groups in total. The van der Waals surface area contributed by atoms with Gasteiger partial charge in [-0.3, -0.25) is 0 Å². The minimum atomic E-state index is 0.601. The molecule has 0 spiro atoms. The molecule has 0 radical (unpaired) electrons. The quantitative estimate of drug-likeness (QED) is 0.271. The van der Waals surface area contributed by atoms with Gasteiger partial charge < -0.3 is 5.11 Å². The van der Waals surface area contributed by atoms with Crippen LogP contribution in [0.15, 0.2) is 12.1 Å². The first kappa shape index (κ1) is 24.1. The maximum atomic E-state index is 10.7. The van der Waals surface area contributed by atoms with Crippen LogP contribution in [0.1, 0.15) is 127 Å². The summed E-state index contributed by atoms with van der Waals surface area (Å²) in [6.07, 6.45) is 21.6.